The van der Waals surface area contributed by atoms with Gasteiger partial charge in [0, 0.05) is 6.42 Å². The van der Waals surface area contributed by atoms with Crippen LogP contribution in [-0.2, 0) is 18.8 Å². The highest BCUT2D eigenvalue weighted by molar-refractivity contribution is 6.74. The minimum absolute atomic E-state index is 0.0467. The number of rotatable bonds is 9. The standard InChI is InChI=1S/C31H47FO4Si/c1-21-16-22(12-15-27(21)32)25-19-30(5,6)20-31(7,8)26(25)14-13-23(33)17-24(18-28(34)35-9)36-37(10,11)29(2,3)4/h12-16,24H,17-20H2,1-11H3/t24-/m1/s1. The van der Waals surface area contributed by atoms with Crippen molar-refractivity contribution >= 4 is 25.6 Å². The Kier molecular flexibility index (Phi) is 9.57. The summed E-state index contributed by atoms with van der Waals surface area (Å²) in [5.41, 5.74) is 3.76. The Morgan fingerprint density at radius 3 is 2.30 bits per heavy atom. The molecule has 0 radical (unpaired) electrons. The number of carbonyl (C=O) groups is 2. The first-order chi connectivity index (χ1) is 16.8. The maximum atomic E-state index is 14.0. The summed E-state index contributed by atoms with van der Waals surface area (Å²) in [5, 5.41) is -0.0494. The van der Waals surface area contributed by atoms with Crippen LogP contribution >= 0.6 is 0 Å². The van der Waals surface area contributed by atoms with Gasteiger partial charge in [0.15, 0.2) is 14.1 Å². The lowest BCUT2D eigenvalue weighted by atomic mass is 9.61. The van der Waals surface area contributed by atoms with Crippen LogP contribution in [0.2, 0.25) is 18.1 Å². The lowest BCUT2D eigenvalue weighted by Gasteiger charge is -2.43. The lowest BCUT2D eigenvalue weighted by Crippen LogP contribution is -2.45. The smallest absolute Gasteiger partial charge is 0.308 e. The van der Waals surface area contributed by atoms with Gasteiger partial charge in [-0.1, -0.05) is 60.6 Å². The van der Waals surface area contributed by atoms with E-state index in [1.54, 1.807) is 13.0 Å². The van der Waals surface area contributed by atoms with Gasteiger partial charge in [-0.05, 0) is 89.2 Å². The van der Waals surface area contributed by atoms with Crippen LogP contribution in [0.25, 0.3) is 5.57 Å². The molecule has 0 spiro atoms. The second-order valence-electron chi connectivity index (χ2n) is 13.5. The minimum Gasteiger partial charge on any atom is -0.469 e. The van der Waals surface area contributed by atoms with E-state index >= 15 is 0 Å². The fraction of sp³-hybridized carbons (Fsp3) is 0.613. The highest BCUT2D eigenvalue weighted by Gasteiger charge is 2.40. The molecule has 4 nitrogen and oxygen atoms in total. The predicted octanol–water partition coefficient (Wildman–Crippen LogP) is 8.20. The molecule has 1 aromatic rings. The van der Waals surface area contributed by atoms with E-state index in [1.165, 1.54) is 13.2 Å². The molecule has 1 atom stereocenters. The van der Waals surface area contributed by atoms with Crippen molar-refractivity contribution in [1.29, 1.82) is 0 Å². The molecule has 1 aromatic carbocycles. The molecule has 37 heavy (non-hydrogen) atoms. The molecular formula is C31H47FO4Si. The number of methoxy groups -OCH3 is 1. The van der Waals surface area contributed by atoms with Gasteiger partial charge < -0.3 is 9.16 Å². The summed E-state index contributed by atoms with van der Waals surface area (Å²) >= 11 is 0. The van der Waals surface area contributed by atoms with Gasteiger partial charge >= 0.3 is 5.97 Å². The average molecular weight is 531 g/mol. The third-order valence-corrected chi connectivity index (χ3v) is 12.4. The number of ether oxygens (including phenoxy) is 1. The fourth-order valence-corrected chi connectivity index (χ4v) is 6.59. The summed E-state index contributed by atoms with van der Waals surface area (Å²) < 4.78 is 25.4. The average Bonchev–Trinajstić information content (AvgIpc) is 2.72. The summed E-state index contributed by atoms with van der Waals surface area (Å²) in [6, 6.07) is 5.26. The van der Waals surface area contributed by atoms with E-state index in [1.807, 2.05) is 18.2 Å². The van der Waals surface area contributed by atoms with Gasteiger partial charge in [-0.2, -0.15) is 0 Å². The second-order valence-corrected chi connectivity index (χ2v) is 18.3. The third-order valence-electron chi connectivity index (χ3n) is 7.89. The summed E-state index contributed by atoms with van der Waals surface area (Å²) in [5.74, 6) is -0.687. The van der Waals surface area contributed by atoms with Crippen molar-refractivity contribution in [3.05, 3.63) is 52.9 Å². The molecule has 6 heteroatoms. The van der Waals surface area contributed by atoms with Crippen molar-refractivity contribution in [2.24, 2.45) is 10.8 Å². The number of esters is 1. The van der Waals surface area contributed by atoms with Crippen LogP contribution in [0, 0.1) is 23.6 Å². The normalized spacial score (nSPS) is 18.7. The van der Waals surface area contributed by atoms with Crippen LogP contribution in [0.4, 0.5) is 4.39 Å². The molecule has 206 valence electrons. The Labute approximate surface area is 224 Å². The summed E-state index contributed by atoms with van der Waals surface area (Å²) in [6.45, 7) is 21.3. The Morgan fingerprint density at radius 2 is 1.76 bits per heavy atom. The number of allylic oxidation sites excluding steroid dienone is 4. The molecule has 1 aliphatic carbocycles. The number of aryl methyl sites for hydroxylation is 1. The second kappa shape index (κ2) is 11.4. The number of hydrogen-bond donors (Lipinski definition) is 0. The Hall–Kier alpha value is -2.05. The Morgan fingerprint density at radius 1 is 1.14 bits per heavy atom. The van der Waals surface area contributed by atoms with Gasteiger partial charge in [0.05, 0.1) is 19.6 Å². The molecule has 0 N–H and O–H groups in total. The summed E-state index contributed by atoms with van der Waals surface area (Å²) in [4.78, 5) is 25.3. The zero-order valence-corrected chi connectivity index (χ0v) is 25.8. The van der Waals surface area contributed by atoms with Crippen molar-refractivity contribution in [3.8, 4) is 0 Å². The monoisotopic (exact) mass is 530 g/mol. The van der Waals surface area contributed by atoms with E-state index in [9.17, 15) is 14.0 Å². The summed E-state index contributed by atoms with van der Waals surface area (Å²) in [7, 11) is -0.845. The summed E-state index contributed by atoms with van der Waals surface area (Å²) in [6.07, 6.45) is 5.01. The maximum absolute atomic E-state index is 14.0. The van der Waals surface area contributed by atoms with Crippen LogP contribution in [0.1, 0.15) is 85.3 Å². The molecule has 0 aromatic heterocycles. The van der Waals surface area contributed by atoms with Crippen molar-refractivity contribution < 1.29 is 23.1 Å². The maximum Gasteiger partial charge on any atom is 0.308 e. The first-order valence-corrected chi connectivity index (χ1v) is 16.1. The SMILES string of the molecule is COC(=O)C[C@@H](CC(=O)C=CC1=C(c2ccc(F)c(C)c2)CC(C)(C)CC1(C)C)O[Si](C)(C)C(C)(C)C. The van der Waals surface area contributed by atoms with E-state index in [2.05, 4.69) is 61.6 Å². The molecule has 0 amide bonds. The highest BCUT2D eigenvalue weighted by atomic mass is 28.4. The fourth-order valence-electron chi connectivity index (χ4n) is 5.24. The number of halogens is 1. The molecule has 0 fully saturated rings. The molecule has 2 rings (SSSR count). The van der Waals surface area contributed by atoms with Crippen molar-refractivity contribution in [1.82, 2.24) is 0 Å². The van der Waals surface area contributed by atoms with Gasteiger partial charge in [0.1, 0.15) is 5.82 Å². The van der Waals surface area contributed by atoms with Gasteiger partial charge in [-0.25, -0.2) is 4.39 Å². The molecule has 0 saturated heterocycles. The highest BCUT2D eigenvalue weighted by Crippen LogP contribution is 2.52. The van der Waals surface area contributed by atoms with E-state index < -0.39 is 14.4 Å². The van der Waals surface area contributed by atoms with Gasteiger partial charge in [-0.15, -0.1) is 0 Å². The van der Waals surface area contributed by atoms with Crippen LogP contribution in [0.5, 0.6) is 0 Å². The van der Waals surface area contributed by atoms with Crippen LogP contribution in [0.15, 0.2) is 35.9 Å². The molecular weight excluding hydrogens is 483 g/mol. The molecule has 0 heterocycles. The predicted molar refractivity (Wildman–Crippen MR) is 152 cm³/mol. The topological polar surface area (TPSA) is 52.6 Å². The quantitative estimate of drug-likeness (QED) is 0.183. The molecule has 1 aliphatic rings. The minimum atomic E-state index is -2.20. The molecule has 0 saturated carbocycles. The van der Waals surface area contributed by atoms with E-state index in [0.717, 1.165) is 29.6 Å². The van der Waals surface area contributed by atoms with E-state index in [4.69, 9.17) is 9.16 Å². The Balaban J connectivity index is 2.42. The number of benzene rings is 1. The third kappa shape index (κ3) is 8.21. The van der Waals surface area contributed by atoms with Gasteiger partial charge in [-0.3, -0.25) is 9.59 Å². The Bertz CT molecular complexity index is 1070. The van der Waals surface area contributed by atoms with Gasteiger partial charge in [0.25, 0.3) is 0 Å². The molecule has 0 unspecified atom stereocenters. The van der Waals surface area contributed by atoms with Crippen molar-refractivity contribution in [2.45, 2.75) is 105 Å². The zero-order valence-electron chi connectivity index (χ0n) is 24.8. The number of carbonyl (C=O) groups excluding carboxylic acids is 2. The number of hydrogen-bond acceptors (Lipinski definition) is 4. The lowest BCUT2D eigenvalue weighted by molar-refractivity contribution is -0.142. The van der Waals surface area contributed by atoms with E-state index in [-0.39, 0.29) is 46.3 Å². The first-order valence-electron chi connectivity index (χ1n) is 13.2. The van der Waals surface area contributed by atoms with E-state index in [0.29, 0.717) is 5.56 Å². The van der Waals surface area contributed by atoms with Crippen LogP contribution in [0.3, 0.4) is 0 Å². The van der Waals surface area contributed by atoms with Crippen LogP contribution < -0.4 is 0 Å². The first kappa shape index (κ1) is 31.2. The van der Waals surface area contributed by atoms with Gasteiger partial charge in [0.2, 0.25) is 0 Å². The number of ketones is 1. The van der Waals surface area contributed by atoms with Crippen molar-refractivity contribution in [2.75, 3.05) is 7.11 Å². The largest absolute Gasteiger partial charge is 0.469 e. The van der Waals surface area contributed by atoms with Crippen LogP contribution in [-0.4, -0.2) is 33.3 Å². The van der Waals surface area contributed by atoms with Crippen molar-refractivity contribution in [3.63, 3.8) is 0 Å². The molecule has 0 bridgehead atoms. The zero-order chi connectivity index (χ0) is 28.4. The molecule has 0 aliphatic heterocycles.